The first-order valence-electron chi connectivity index (χ1n) is 6.44. The Kier molecular flexibility index (Phi) is 4.13. The van der Waals surface area contributed by atoms with E-state index in [0.717, 1.165) is 24.8 Å². The minimum atomic E-state index is -3.53. The first-order valence-corrected chi connectivity index (χ1v) is 7.92. The van der Waals surface area contributed by atoms with E-state index in [1.54, 1.807) is 19.1 Å². The molecule has 0 aliphatic heterocycles. The van der Waals surface area contributed by atoms with Gasteiger partial charge in [-0.3, -0.25) is 0 Å². The zero-order chi connectivity index (χ0) is 14.0. The molecular weight excluding hydrogens is 264 g/mol. The molecule has 1 aromatic carbocycles. The van der Waals surface area contributed by atoms with Crippen LogP contribution in [0.3, 0.4) is 0 Å². The molecule has 0 heterocycles. The number of aliphatic hydroxyl groups excluding tert-OH is 1. The first-order chi connectivity index (χ1) is 8.90. The summed E-state index contributed by atoms with van der Waals surface area (Å²) in [5.41, 5.74) is 6.99. The number of nitrogens with two attached hydrogens (primary N) is 1. The monoisotopic (exact) mass is 284 g/mol. The third-order valence-electron chi connectivity index (χ3n) is 3.71. The molecule has 0 amide bonds. The summed E-state index contributed by atoms with van der Waals surface area (Å²) in [5, 5.41) is 9.69. The van der Waals surface area contributed by atoms with Gasteiger partial charge >= 0.3 is 0 Å². The van der Waals surface area contributed by atoms with E-state index in [2.05, 4.69) is 4.72 Å². The van der Waals surface area contributed by atoms with E-state index in [1.807, 2.05) is 0 Å². The SMILES string of the molecule is Cc1cc(S(=O)(=O)NCC2CCCC2O)ccc1N. The lowest BCUT2D eigenvalue weighted by Gasteiger charge is -2.15. The molecule has 19 heavy (non-hydrogen) atoms. The van der Waals surface area contributed by atoms with Gasteiger partial charge in [0.1, 0.15) is 0 Å². The summed E-state index contributed by atoms with van der Waals surface area (Å²) in [6, 6.07) is 4.65. The Bertz CT molecular complexity index is 557. The molecule has 0 aromatic heterocycles. The van der Waals surface area contributed by atoms with E-state index in [1.165, 1.54) is 6.07 Å². The van der Waals surface area contributed by atoms with Crippen LogP contribution in [0.1, 0.15) is 24.8 Å². The Balaban J connectivity index is 2.07. The predicted octanol–water partition coefficient (Wildman–Crippen LogP) is 1.02. The van der Waals surface area contributed by atoms with Crippen LogP contribution in [-0.4, -0.2) is 26.2 Å². The second-order valence-corrected chi connectivity index (χ2v) is 6.90. The van der Waals surface area contributed by atoms with Gasteiger partial charge in [-0.15, -0.1) is 0 Å². The highest BCUT2D eigenvalue weighted by Crippen LogP contribution is 2.25. The van der Waals surface area contributed by atoms with Crippen LogP contribution in [0, 0.1) is 12.8 Å². The van der Waals surface area contributed by atoms with E-state index in [9.17, 15) is 13.5 Å². The fourth-order valence-electron chi connectivity index (χ4n) is 2.37. The molecule has 0 radical (unpaired) electrons. The number of benzene rings is 1. The number of hydrogen-bond donors (Lipinski definition) is 3. The number of nitrogen functional groups attached to an aromatic ring is 1. The van der Waals surface area contributed by atoms with Gasteiger partial charge in [0.15, 0.2) is 0 Å². The molecule has 0 saturated heterocycles. The van der Waals surface area contributed by atoms with Crippen molar-refractivity contribution in [1.29, 1.82) is 0 Å². The largest absolute Gasteiger partial charge is 0.399 e. The average molecular weight is 284 g/mol. The van der Waals surface area contributed by atoms with Gasteiger partial charge in [-0.05, 0) is 49.4 Å². The van der Waals surface area contributed by atoms with Crippen LogP contribution in [0.4, 0.5) is 5.69 Å². The average Bonchev–Trinajstić information content (AvgIpc) is 2.76. The maximum atomic E-state index is 12.1. The van der Waals surface area contributed by atoms with E-state index >= 15 is 0 Å². The highest BCUT2D eigenvalue weighted by molar-refractivity contribution is 7.89. The van der Waals surface area contributed by atoms with Crippen molar-refractivity contribution in [3.63, 3.8) is 0 Å². The van der Waals surface area contributed by atoms with Gasteiger partial charge in [-0.25, -0.2) is 13.1 Å². The van der Waals surface area contributed by atoms with Crippen LogP contribution < -0.4 is 10.5 Å². The molecule has 0 spiro atoms. The Hall–Kier alpha value is -1.11. The number of rotatable bonds is 4. The third kappa shape index (κ3) is 3.26. The summed E-state index contributed by atoms with van der Waals surface area (Å²) >= 11 is 0. The standard InChI is InChI=1S/C13H20N2O3S/c1-9-7-11(5-6-12(9)14)19(17,18)15-8-10-3-2-4-13(10)16/h5-7,10,13,15-16H,2-4,8,14H2,1H3. The van der Waals surface area contributed by atoms with Crippen molar-refractivity contribution in [1.82, 2.24) is 4.72 Å². The molecule has 4 N–H and O–H groups in total. The van der Waals surface area contributed by atoms with Crippen molar-refractivity contribution in [3.8, 4) is 0 Å². The number of aliphatic hydroxyl groups is 1. The summed E-state index contributed by atoms with van der Waals surface area (Å²) < 4.78 is 26.8. The Morgan fingerprint density at radius 3 is 2.74 bits per heavy atom. The minimum Gasteiger partial charge on any atom is -0.399 e. The van der Waals surface area contributed by atoms with Crippen LogP contribution in [-0.2, 0) is 10.0 Å². The van der Waals surface area contributed by atoms with Gasteiger partial charge in [-0.1, -0.05) is 6.42 Å². The van der Waals surface area contributed by atoms with Crippen molar-refractivity contribution in [2.24, 2.45) is 5.92 Å². The quantitative estimate of drug-likeness (QED) is 0.720. The number of sulfonamides is 1. The minimum absolute atomic E-state index is 0.0182. The van der Waals surface area contributed by atoms with Crippen molar-refractivity contribution in [2.45, 2.75) is 37.2 Å². The lowest BCUT2D eigenvalue weighted by atomic mass is 10.1. The van der Waals surface area contributed by atoms with Gasteiger partial charge < -0.3 is 10.8 Å². The molecule has 5 nitrogen and oxygen atoms in total. The van der Waals surface area contributed by atoms with E-state index in [4.69, 9.17) is 5.73 Å². The van der Waals surface area contributed by atoms with Crippen molar-refractivity contribution in [3.05, 3.63) is 23.8 Å². The van der Waals surface area contributed by atoms with Gasteiger partial charge in [-0.2, -0.15) is 0 Å². The summed E-state index contributed by atoms with van der Waals surface area (Å²) in [5.74, 6) is 0.0182. The van der Waals surface area contributed by atoms with Crippen molar-refractivity contribution < 1.29 is 13.5 Å². The molecule has 1 fully saturated rings. The zero-order valence-electron chi connectivity index (χ0n) is 11.0. The molecule has 0 bridgehead atoms. The number of aryl methyl sites for hydroxylation is 1. The molecule has 1 aromatic rings. The molecule has 6 heteroatoms. The molecule has 2 unspecified atom stereocenters. The van der Waals surface area contributed by atoms with E-state index < -0.39 is 16.1 Å². The maximum absolute atomic E-state index is 12.1. The van der Waals surface area contributed by atoms with E-state index in [-0.39, 0.29) is 17.4 Å². The molecular formula is C13H20N2O3S. The zero-order valence-corrected chi connectivity index (χ0v) is 11.8. The fraction of sp³-hybridized carbons (Fsp3) is 0.538. The second kappa shape index (κ2) is 5.48. The van der Waals surface area contributed by atoms with Gasteiger partial charge in [0, 0.05) is 12.2 Å². The maximum Gasteiger partial charge on any atom is 0.240 e. The molecule has 1 aliphatic rings. The fourth-order valence-corrected chi connectivity index (χ4v) is 3.55. The highest BCUT2D eigenvalue weighted by atomic mass is 32.2. The van der Waals surface area contributed by atoms with Crippen molar-refractivity contribution >= 4 is 15.7 Å². The van der Waals surface area contributed by atoms with Gasteiger partial charge in [0.2, 0.25) is 10.0 Å². The van der Waals surface area contributed by atoms with Crippen LogP contribution in [0.25, 0.3) is 0 Å². The number of nitrogens with one attached hydrogen (secondary N) is 1. The van der Waals surface area contributed by atoms with Crippen LogP contribution in [0.2, 0.25) is 0 Å². The summed E-state index contributed by atoms with van der Waals surface area (Å²) in [4.78, 5) is 0.215. The summed E-state index contributed by atoms with van der Waals surface area (Å²) in [7, 11) is -3.53. The summed E-state index contributed by atoms with van der Waals surface area (Å²) in [6.45, 7) is 2.06. The lowest BCUT2D eigenvalue weighted by molar-refractivity contribution is 0.134. The Morgan fingerprint density at radius 1 is 1.42 bits per heavy atom. The molecule has 1 aliphatic carbocycles. The Morgan fingerprint density at radius 2 is 2.16 bits per heavy atom. The van der Waals surface area contributed by atoms with E-state index in [0.29, 0.717) is 5.69 Å². The number of hydrogen-bond acceptors (Lipinski definition) is 4. The van der Waals surface area contributed by atoms with Crippen LogP contribution >= 0.6 is 0 Å². The van der Waals surface area contributed by atoms with Crippen LogP contribution in [0.5, 0.6) is 0 Å². The first kappa shape index (κ1) is 14.3. The van der Waals surface area contributed by atoms with Crippen molar-refractivity contribution in [2.75, 3.05) is 12.3 Å². The smallest absolute Gasteiger partial charge is 0.240 e. The topological polar surface area (TPSA) is 92.4 Å². The second-order valence-electron chi connectivity index (χ2n) is 5.13. The van der Waals surface area contributed by atoms with Crippen LogP contribution in [0.15, 0.2) is 23.1 Å². The summed E-state index contributed by atoms with van der Waals surface area (Å²) in [6.07, 6.45) is 2.18. The molecule has 2 atom stereocenters. The normalized spacial score (nSPS) is 23.7. The Labute approximate surface area is 113 Å². The number of anilines is 1. The highest BCUT2D eigenvalue weighted by Gasteiger charge is 2.26. The van der Waals surface area contributed by atoms with Gasteiger partial charge in [0.25, 0.3) is 0 Å². The third-order valence-corrected chi connectivity index (χ3v) is 5.13. The molecule has 2 rings (SSSR count). The van der Waals surface area contributed by atoms with Gasteiger partial charge in [0.05, 0.1) is 11.0 Å². The predicted molar refractivity (Wildman–Crippen MR) is 74.1 cm³/mol. The molecule has 106 valence electrons. The lowest BCUT2D eigenvalue weighted by Crippen LogP contribution is -2.32. The molecule has 1 saturated carbocycles.